The molecule has 114 valence electrons. The van der Waals surface area contributed by atoms with Gasteiger partial charge in [-0.1, -0.05) is 0 Å². The molecule has 2 aliphatic rings. The maximum absolute atomic E-state index is 12.3. The lowest BCUT2D eigenvalue weighted by atomic mass is 9.80. The number of amides is 2. The van der Waals surface area contributed by atoms with Gasteiger partial charge in [0.15, 0.2) is 0 Å². The molecule has 2 rings (SSSR count). The van der Waals surface area contributed by atoms with Crippen molar-refractivity contribution < 1.29 is 19.4 Å². The van der Waals surface area contributed by atoms with E-state index in [9.17, 15) is 14.7 Å². The molecule has 6 nitrogen and oxygen atoms in total. The number of carbonyl (C=O) groups excluding carboxylic acids is 1. The molecule has 1 heterocycles. The van der Waals surface area contributed by atoms with Crippen molar-refractivity contribution in [3.8, 4) is 0 Å². The number of carboxylic acids is 1. The number of ether oxygens (including phenoxy) is 1. The SMILES string of the molecule is COC1(CNC(=O)N2CCCCC2(C)C(=O)O)CCC1. The number of aliphatic carboxylic acids is 1. The molecule has 0 spiro atoms. The van der Waals surface area contributed by atoms with E-state index in [1.807, 2.05) is 0 Å². The highest BCUT2D eigenvalue weighted by atomic mass is 16.5. The topological polar surface area (TPSA) is 78.9 Å². The van der Waals surface area contributed by atoms with E-state index in [-0.39, 0.29) is 11.6 Å². The second kappa shape index (κ2) is 5.60. The first-order valence-corrected chi connectivity index (χ1v) is 7.28. The summed E-state index contributed by atoms with van der Waals surface area (Å²) in [5, 5.41) is 12.3. The third-order valence-corrected chi connectivity index (χ3v) is 4.86. The summed E-state index contributed by atoms with van der Waals surface area (Å²) in [5.74, 6) is -0.933. The van der Waals surface area contributed by atoms with Crippen LogP contribution < -0.4 is 5.32 Å². The zero-order valence-corrected chi connectivity index (χ0v) is 12.3. The maximum Gasteiger partial charge on any atom is 0.329 e. The number of piperidine rings is 1. The predicted octanol–water partition coefficient (Wildman–Crippen LogP) is 1.59. The Morgan fingerprint density at radius 3 is 2.45 bits per heavy atom. The summed E-state index contributed by atoms with van der Waals surface area (Å²) >= 11 is 0. The largest absolute Gasteiger partial charge is 0.480 e. The van der Waals surface area contributed by atoms with E-state index >= 15 is 0 Å². The van der Waals surface area contributed by atoms with Crippen LogP contribution in [0.3, 0.4) is 0 Å². The van der Waals surface area contributed by atoms with Crippen LogP contribution in [-0.2, 0) is 9.53 Å². The number of methoxy groups -OCH3 is 1. The van der Waals surface area contributed by atoms with Gasteiger partial charge in [0.25, 0.3) is 0 Å². The third-order valence-electron chi connectivity index (χ3n) is 4.86. The molecule has 20 heavy (non-hydrogen) atoms. The number of hydrogen-bond donors (Lipinski definition) is 2. The van der Waals surface area contributed by atoms with Gasteiger partial charge >= 0.3 is 12.0 Å². The molecule has 1 saturated heterocycles. The number of nitrogens with one attached hydrogen (secondary N) is 1. The van der Waals surface area contributed by atoms with Crippen LogP contribution >= 0.6 is 0 Å². The van der Waals surface area contributed by atoms with Crippen LogP contribution in [-0.4, -0.2) is 53.3 Å². The number of urea groups is 1. The Kier molecular flexibility index (Phi) is 4.22. The number of likely N-dealkylation sites (tertiary alicyclic amines) is 1. The third kappa shape index (κ3) is 2.61. The fourth-order valence-electron chi connectivity index (χ4n) is 3.03. The number of nitrogens with zero attached hydrogens (tertiary/aromatic N) is 1. The minimum absolute atomic E-state index is 0.245. The highest BCUT2D eigenvalue weighted by Crippen LogP contribution is 2.34. The van der Waals surface area contributed by atoms with Crippen LogP contribution in [0.4, 0.5) is 4.79 Å². The Morgan fingerprint density at radius 2 is 1.95 bits per heavy atom. The molecule has 2 amide bonds. The zero-order valence-electron chi connectivity index (χ0n) is 12.3. The van der Waals surface area contributed by atoms with Gasteiger partial charge in [-0.2, -0.15) is 0 Å². The molecule has 1 atom stereocenters. The molecule has 0 radical (unpaired) electrons. The van der Waals surface area contributed by atoms with Crippen LogP contribution in [0.1, 0.15) is 45.4 Å². The molecule has 0 aromatic rings. The molecule has 2 N–H and O–H groups in total. The van der Waals surface area contributed by atoms with E-state index in [1.165, 1.54) is 4.90 Å². The molecule has 1 aliphatic carbocycles. The Balaban J connectivity index is 1.98. The Labute approximate surface area is 119 Å². The van der Waals surface area contributed by atoms with Gasteiger partial charge in [-0.25, -0.2) is 9.59 Å². The summed E-state index contributed by atoms with van der Waals surface area (Å²) in [7, 11) is 1.66. The first-order chi connectivity index (χ1) is 9.43. The van der Waals surface area contributed by atoms with Gasteiger partial charge < -0.3 is 20.1 Å². The molecule has 0 aromatic carbocycles. The fourth-order valence-corrected chi connectivity index (χ4v) is 3.03. The van der Waals surface area contributed by atoms with E-state index in [4.69, 9.17) is 4.74 Å². The van der Waals surface area contributed by atoms with Gasteiger partial charge in [0.1, 0.15) is 5.54 Å². The quantitative estimate of drug-likeness (QED) is 0.821. The van der Waals surface area contributed by atoms with Crippen LogP contribution in [0.25, 0.3) is 0 Å². The average Bonchev–Trinajstić information content (AvgIpc) is 2.38. The maximum atomic E-state index is 12.3. The summed E-state index contributed by atoms with van der Waals surface area (Å²) in [6.07, 6.45) is 5.20. The van der Waals surface area contributed by atoms with E-state index in [0.29, 0.717) is 19.5 Å². The molecule has 1 aliphatic heterocycles. The van der Waals surface area contributed by atoms with Crippen molar-refractivity contribution in [3.63, 3.8) is 0 Å². The van der Waals surface area contributed by atoms with Gasteiger partial charge in [0, 0.05) is 20.2 Å². The van der Waals surface area contributed by atoms with Gasteiger partial charge in [0.05, 0.1) is 5.60 Å². The smallest absolute Gasteiger partial charge is 0.329 e. The van der Waals surface area contributed by atoms with Crippen molar-refractivity contribution >= 4 is 12.0 Å². The van der Waals surface area contributed by atoms with E-state index < -0.39 is 11.5 Å². The van der Waals surface area contributed by atoms with E-state index in [0.717, 1.165) is 32.1 Å². The molecule has 2 fully saturated rings. The highest BCUT2D eigenvalue weighted by Gasteiger charge is 2.45. The first-order valence-electron chi connectivity index (χ1n) is 7.28. The second-order valence-electron chi connectivity index (χ2n) is 6.09. The molecule has 1 saturated carbocycles. The minimum Gasteiger partial charge on any atom is -0.480 e. The minimum atomic E-state index is -1.10. The van der Waals surface area contributed by atoms with Crippen molar-refractivity contribution in [3.05, 3.63) is 0 Å². The molecule has 0 bridgehead atoms. The molecule has 1 unspecified atom stereocenters. The highest BCUT2D eigenvalue weighted by molar-refractivity contribution is 5.86. The summed E-state index contributed by atoms with van der Waals surface area (Å²) in [5.41, 5.74) is -1.34. The lowest BCUT2D eigenvalue weighted by Crippen LogP contribution is -2.61. The monoisotopic (exact) mass is 284 g/mol. The second-order valence-corrected chi connectivity index (χ2v) is 6.09. The van der Waals surface area contributed by atoms with Crippen molar-refractivity contribution in [2.45, 2.75) is 56.6 Å². The first kappa shape index (κ1) is 15.1. The van der Waals surface area contributed by atoms with Crippen LogP contribution in [0.5, 0.6) is 0 Å². The van der Waals surface area contributed by atoms with Gasteiger partial charge in [-0.3, -0.25) is 0 Å². The van der Waals surface area contributed by atoms with Crippen LogP contribution in [0.15, 0.2) is 0 Å². The number of hydrogen-bond acceptors (Lipinski definition) is 3. The predicted molar refractivity (Wildman–Crippen MR) is 73.6 cm³/mol. The summed E-state index contributed by atoms with van der Waals surface area (Å²) in [6, 6.07) is -0.294. The molecular weight excluding hydrogens is 260 g/mol. The average molecular weight is 284 g/mol. The Bertz CT molecular complexity index is 389. The lowest BCUT2D eigenvalue weighted by Gasteiger charge is -2.44. The van der Waals surface area contributed by atoms with Gasteiger partial charge in [-0.15, -0.1) is 0 Å². The van der Waals surface area contributed by atoms with Gasteiger partial charge in [0.2, 0.25) is 0 Å². The Morgan fingerprint density at radius 1 is 1.25 bits per heavy atom. The summed E-state index contributed by atoms with van der Waals surface area (Å²) in [4.78, 5) is 25.2. The van der Waals surface area contributed by atoms with Crippen molar-refractivity contribution in [1.29, 1.82) is 0 Å². The van der Waals surface area contributed by atoms with Crippen molar-refractivity contribution in [2.75, 3.05) is 20.2 Å². The fraction of sp³-hybridized carbons (Fsp3) is 0.857. The Hall–Kier alpha value is -1.30. The lowest BCUT2D eigenvalue weighted by molar-refractivity contribution is -0.150. The molecule has 6 heteroatoms. The number of rotatable bonds is 4. The van der Waals surface area contributed by atoms with E-state index in [1.54, 1.807) is 14.0 Å². The van der Waals surface area contributed by atoms with Crippen LogP contribution in [0.2, 0.25) is 0 Å². The normalized spacial score (nSPS) is 28.6. The number of carbonyl (C=O) groups is 2. The van der Waals surface area contributed by atoms with E-state index in [2.05, 4.69) is 5.32 Å². The van der Waals surface area contributed by atoms with Gasteiger partial charge in [-0.05, 0) is 45.4 Å². The standard InChI is InChI=1S/C14H24N2O4/c1-13(11(17)18)6-3-4-9-16(13)12(19)15-10-14(20-2)7-5-8-14/h3-10H2,1-2H3,(H,15,19)(H,17,18). The summed E-state index contributed by atoms with van der Waals surface area (Å²) in [6.45, 7) is 2.58. The van der Waals surface area contributed by atoms with Crippen LogP contribution in [0, 0.1) is 0 Å². The van der Waals surface area contributed by atoms with Crippen molar-refractivity contribution in [2.24, 2.45) is 0 Å². The number of carboxylic acid groups (broad SMARTS) is 1. The molecular formula is C14H24N2O4. The molecule has 0 aromatic heterocycles. The van der Waals surface area contributed by atoms with Crippen molar-refractivity contribution in [1.82, 2.24) is 10.2 Å². The summed E-state index contributed by atoms with van der Waals surface area (Å²) < 4.78 is 5.46. The zero-order chi connectivity index (χ0) is 14.8.